The van der Waals surface area contributed by atoms with Crippen molar-refractivity contribution in [1.82, 2.24) is 15.5 Å². The molecular weight excluding hydrogens is 238 g/mol. The summed E-state index contributed by atoms with van der Waals surface area (Å²) < 4.78 is 0. The molecule has 4 heteroatoms. The zero-order valence-corrected chi connectivity index (χ0v) is 11.9. The monoisotopic (exact) mass is 265 g/mol. The molecule has 2 unspecified atom stereocenters. The number of nitrogens with zero attached hydrogens (tertiary/aromatic N) is 1. The Morgan fingerprint density at radius 1 is 1.11 bits per heavy atom. The maximum absolute atomic E-state index is 12.1. The number of carbonyl (C=O) groups is 1. The third kappa shape index (κ3) is 3.29. The lowest BCUT2D eigenvalue weighted by Crippen LogP contribution is -2.48. The number of carbonyl (C=O) groups excluding carboxylic acids is 1. The second kappa shape index (κ2) is 6.23. The Hall–Kier alpha value is -0.610. The summed E-state index contributed by atoms with van der Waals surface area (Å²) in [6.07, 6.45) is 10.0. The number of hydrogen-bond acceptors (Lipinski definition) is 3. The molecule has 0 aromatic rings. The van der Waals surface area contributed by atoms with E-state index in [1.165, 1.54) is 51.4 Å². The molecule has 0 spiro atoms. The SMILES string of the molecule is O=C(CN1CCCC1C1CCCN1)NC1CCCC1. The first-order valence-corrected chi connectivity index (χ1v) is 8.10. The predicted octanol–water partition coefficient (Wildman–Crippen LogP) is 1.26. The Bertz CT molecular complexity index is 309. The van der Waals surface area contributed by atoms with Gasteiger partial charge in [0.25, 0.3) is 0 Å². The molecule has 3 rings (SSSR count). The number of rotatable bonds is 4. The largest absolute Gasteiger partial charge is 0.352 e. The first-order chi connectivity index (χ1) is 9.33. The van der Waals surface area contributed by atoms with E-state index >= 15 is 0 Å². The van der Waals surface area contributed by atoms with Crippen LogP contribution in [0.3, 0.4) is 0 Å². The van der Waals surface area contributed by atoms with Crippen LogP contribution in [0.4, 0.5) is 0 Å². The summed E-state index contributed by atoms with van der Waals surface area (Å²) in [6, 6.07) is 1.68. The average molecular weight is 265 g/mol. The molecule has 0 aromatic carbocycles. The highest BCUT2D eigenvalue weighted by Crippen LogP contribution is 2.24. The highest BCUT2D eigenvalue weighted by molar-refractivity contribution is 5.78. The summed E-state index contributed by atoms with van der Waals surface area (Å²) in [5, 5.41) is 6.82. The van der Waals surface area contributed by atoms with Gasteiger partial charge in [0.05, 0.1) is 6.54 Å². The second-order valence-corrected chi connectivity index (χ2v) is 6.43. The first kappa shape index (κ1) is 13.4. The number of nitrogens with one attached hydrogen (secondary N) is 2. The van der Waals surface area contributed by atoms with Crippen LogP contribution in [0.5, 0.6) is 0 Å². The second-order valence-electron chi connectivity index (χ2n) is 6.43. The number of amides is 1. The molecule has 2 atom stereocenters. The molecule has 2 saturated heterocycles. The van der Waals surface area contributed by atoms with Gasteiger partial charge in [-0.05, 0) is 51.6 Å². The minimum Gasteiger partial charge on any atom is -0.352 e. The van der Waals surface area contributed by atoms with Crippen molar-refractivity contribution in [3.63, 3.8) is 0 Å². The molecule has 2 aliphatic heterocycles. The highest BCUT2D eigenvalue weighted by Gasteiger charge is 2.34. The van der Waals surface area contributed by atoms with Crippen LogP contribution in [0.2, 0.25) is 0 Å². The number of likely N-dealkylation sites (tertiary alicyclic amines) is 1. The fraction of sp³-hybridized carbons (Fsp3) is 0.933. The van der Waals surface area contributed by atoms with Gasteiger partial charge < -0.3 is 10.6 Å². The molecule has 4 nitrogen and oxygen atoms in total. The van der Waals surface area contributed by atoms with Gasteiger partial charge in [-0.3, -0.25) is 9.69 Å². The summed E-state index contributed by atoms with van der Waals surface area (Å²) in [5.41, 5.74) is 0. The van der Waals surface area contributed by atoms with Crippen molar-refractivity contribution in [2.24, 2.45) is 0 Å². The van der Waals surface area contributed by atoms with E-state index in [0.717, 1.165) is 13.1 Å². The summed E-state index contributed by atoms with van der Waals surface area (Å²) >= 11 is 0. The van der Waals surface area contributed by atoms with E-state index in [4.69, 9.17) is 0 Å². The van der Waals surface area contributed by atoms with Crippen LogP contribution >= 0.6 is 0 Å². The van der Waals surface area contributed by atoms with Gasteiger partial charge in [0.2, 0.25) is 5.91 Å². The number of hydrogen-bond donors (Lipinski definition) is 2. The minimum absolute atomic E-state index is 0.247. The Morgan fingerprint density at radius 3 is 2.68 bits per heavy atom. The lowest BCUT2D eigenvalue weighted by molar-refractivity contribution is -0.123. The molecule has 0 bridgehead atoms. The quantitative estimate of drug-likeness (QED) is 0.804. The highest BCUT2D eigenvalue weighted by atomic mass is 16.2. The van der Waals surface area contributed by atoms with Crippen LogP contribution in [0.15, 0.2) is 0 Å². The molecule has 1 aliphatic carbocycles. The minimum atomic E-state index is 0.247. The van der Waals surface area contributed by atoms with Gasteiger partial charge in [-0.1, -0.05) is 12.8 Å². The molecule has 0 aromatic heterocycles. The normalized spacial score (nSPS) is 33.1. The van der Waals surface area contributed by atoms with Crippen molar-refractivity contribution in [1.29, 1.82) is 0 Å². The lowest BCUT2D eigenvalue weighted by Gasteiger charge is -2.29. The fourth-order valence-electron chi connectivity index (χ4n) is 4.07. The third-order valence-electron chi connectivity index (χ3n) is 5.04. The topological polar surface area (TPSA) is 44.4 Å². The van der Waals surface area contributed by atoms with Crippen molar-refractivity contribution in [2.45, 2.75) is 69.5 Å². The molecule has 1 amide bonds. The molecule has 3 fully saturated rings. The van der Waals surface area contributed by atoms with Gasteiger partial charge in [-0.2, -0.15) is 0 Å². The molecule has 108 valence electrons. The zero-order chi connectivity index (χ0) is 13.1. The lowest BCUT2D eigenvalue weighted by atomic mass is 10.0. The van der Waals surface area contributed by atoms with Gasteiger partial charge in [-0.15, -0.1) is 0 Å². The average Bonchev–Trinajstić information content (AvgIpc) is 3.09. The van der Waals surface area contributed by atoms with E-state index in [9.17, 15) is 4.79 Å². The van der Waals surface area contributed by atoms with E-state index in [0.29, 0.717) is 24.7 Å². The molecule has 2 N–H and O–H groups in total. The van der Waals surface area contributed by atoms with Gasteiger partial charge in [-0.25, -0.2) is 0 Å². The molecule has 3 aliphatic rings. The van der Waals surface area contributed by atoms with Crippen molar-refractivity contribution in [3.8, 4) is 0 Å². The van der Waals surface area contributed by atoms with Crippen LogP contribution in [-0.4, -0.2) is 48.6 Å². The van der Waals surface area contributed by atoms with Crippen LogP contribution < -0.4 is 10.6 Å². The van der Waals surface area contributed by atoms with E-state index < -0.39 is 0 Å². The van der Waals surface area contributed by atoms with Crippen molar-refractivity contribution in [3.05, 3.63) is 0 Å². The van der Waals surface area contributed by atoms with Gasteiger partial charge >= 0.3 is 0 Å². The summed E-state index contributed by atoms with van der Waals surface area (Å²) in [4.78, 5) is 14.6. The van der Waals surface area contributed by atoms with Crippen LogP contribution in [0.25, 0.3) is 0 Å². The Balaban J connectivity index is 1.48. The molecular formula is C15H27N3O. The summed E-state index contributed by atoms with van der Waals surface area (Å²) in [7, 11) is 0. The van der Waals surface area contributed by atoms with Crippen molar-refractivity contribution < 1.29 is 4.79 Å². The molecule has 0 radical (unpaired) electrons. The predicted molar refractivity (Wildman–Crippen MR) is 76.0 cm³/mol. The first-order valence-electron chi connectivity index (χ1n) is 8.10. The zero-order valence-electron chi connectivity index (χ0n) is 11.9. The Labute approximate surface area is 116 Å². The smallest absolute Gasteiger partial charge is 0.234 e. The van der Waals surface area contributed by atoms with Crippen LogP contribution in [0, 0.1) is 0 Å². The van der Waals surface area contributed by atoms with E-state index in [1.54, 1.807) is 0 Å². The van der Waals surface area contributed by atoms with Crippen LogP contribution in [-0.2, 0) is 4.79 Å². The van der Waals surface area contributed by atoms with Crippen LogP contribution in [0.1, 0.15) is 51.4 Å². The third-order valence-corrected chi connectivity index (χ3v) is 5.04. The van der Waals surface area contributed by atoms with E-state index in [2.05, 4.69) is 15.5 Å². The molecule has 19 heavy (non-hydrogen) atoms. The van der Waals surface area contributed by atoms with Crippen molar-refractivity contribution >= 4 is 5.91 Å². The van der Waals surface area contributed by atoms with E-state index in [1.807, 2.05) is 0 Å². The fourth-order valence-corrected chi connectivity index (χ4v) is 4.07. The van der Waals surface area contributed by atoms with Gasteiger partial charge in [0.15, 0.2) is 0 Å². The van der Waals surface area contributed by atoms with Gasteiger partial charge in [0, 0.05) is 18.1 Å². The Kier molecular flexibility index (Phi) is 4.38. The molecule has 1 saturated carbocycles. The summed E-state index contributed by atoms with van der Waals surface area (Å²) in [6.45, 7) is 2.86. The maximum Gasteiger partial charge on any atom is 0.234 e. The van der Waals surface area contributed by atoms with E-state index in [-0.39, 0.29) is 5.91 Å². The standard InChI is InChI=1S/C15H27N3O/c19-15(17-12-5-1-2-6-12)11-18-10-4-8-14(18)13-7-3-9-16-13/h12-14,16H,1-11H2,(H,17,19). The van der Waals surface area contributed by atoms with Gasteiger partial charge in [0.1, 0.15) is 0 Å². The maximum atomic E-state index is 12.1. The molecule has 2 heterocycles. The summed E-state index contributed by atoms with van der Waals surface area (Å²) in [5.74, 6) is 0.247. The van der Waals surface area contributed by atoms with Crippen molar-refractivity contribution in [2.75, 3.05) is 19.6 Å². The Morgan fingerprint density at radius 2 is 1.95 bits per heavy atom.